The van der Waals surface area contributed by atoms with Crippen molar-refractivity contribution in [3.63, 3.8) is 0 Å². The van der Waals surface area contributed by atoms with E-state index < -0.39 is 11.9 Å². The standard InChI is InChI=1S/C33H29Cl2FN8O/c1-19(2)44-18-29(41-42-44)32(20-6-5-7-24(12-20)43-11-4-3-8-30(43)45)40-23-13-25-31(39-22-9-10-28(36)26(34)14-22)21(16-37)17-38-33(25)27(35)15-23/h5-7,9-10,12-15,17-19,32,40H,3-4,8,11H2,1-2H3,(H,38,39)/t32-/m0/s1. The van der Waals surface area contributed by atoms with Crippen LogP contribution in [0, 0.1) is 17.1 Å². The molecule has 0 saturated carbocycles. The molecule has 0 spiro atoms. The van der Waals surface area contributed by atoms with E-state index in [1.54, 1.807) is 10.7 Å². The average molecular weight is 644 g/mol. The van der Waals surface area contributed by atoms with Gasteiger partial charge < -0.3 is 15.5 Å². The first-order valence-electron chi connectivity index (χ1n) is 14.5. The highest BCUT2D eigenvalue weighted by Crippen LogP contribution is 2.37. The van der Waals surface area contributed by atoms with Crippen molar-refractivity contribution in [2.24, 2.45) is 0 Å². The van der Waals surface area contributed by atoms with Gasteiger partial charge in [-0.2, -0.15) is 5.26 Å². The number of rotatable bonds is 8. The van der Waals surface area contributed by atoms with Crippen molar-refractivity contribution in [3.8, 4) is 6.07 Å². The van der Waals surface area contributed by atoms with Crippen molar-refractivity contribution in [2.75, 3.05) is 22.1 Å². The van der Waals surface area contributed by atoms with Gasteiger partial charge in [-0.3, -0.25) is 9.78 Å². The van der Waals surface area contributed by atoms with Gasteiger partial charge in [-0.25, -0.2) is 9.07 Å². The molecule has 45 heavy (non-hydrogen) atoms. The first kappa shape index (κ1) is 30.3. The van der Waals surface area contributed by atoms with Crippen LogP contribution in [0.3, 0.4) is 0 Å². The van der Waals surface area contributed by atoms with Crippen LogP contribution >= 0.6 is 23.2 Å². The number of benzene rings is 3. The zero-order chi connectivity index (χ0) is 31.7. The number of halogens is 3. The Bertz CT molecular complexity index is 1950. The second-order valence-corrected chi connectivity index (χ2v) is 12.0. The van der Waals surface area contributed by atoms with E-state index in [9.17, 15) is 14.4 Å². The number of hydrogen-bond donors (Lipinski definition) is 2. The Hall–Kier alpha value is -4.72. The number of pyridine rings is 1. The Morgan fingerprint density at radius 2 is 1.87 bits per heavy atom. The molecule has 2 aromatic heterocycles. The zero-order valence-corrected chi connectivity index (χ0v) is 26.1. The molecule has 1 aliphatic rings. The van der Waals surface area contributed by atoms with E-state index >= 15 is 0 Å². The van der Waals surface area contributed by atoms with E-state index in [1.807, 2.05) is 55.3 Å². The summed E-state index contributed by atoms with van der Waals surface area (Å²) in [5.41, 5.74) is 4.69. The number of nitriles is 1. The first-order valence-corrected chi connectivity index (χ1v) is 15.3. The summed E-state index contributed by atoms with van der Waals surface area (Å²) >= 11 is 12.8. The number of nitrogens with zero attached hydrogens (tertiary/aromatic N) is 6. The van der Waals surface area contributed by atoms with E-state index in [4.69, 9.17) is 23.2 Å². The third-order valence-electron chi connectivity index (χ3n) is 7.74. The summed E-state index contributed by atoms with van der Waals surface area (Å²) in [4.78, 5) is 19.0. The van der Waals surface area contributed by atoms with Gasteiger partial charge in [0.05, 0.1) is 39.1 Å². The van der Waals surface area contributed by atoms with Crippen molar-refractivity contribution in [1.29, 1.82) is 5.26 Å². The van der Waals surface area contributed by atoms with Crippen LogP contribution < -0.4 is 15.5 Å². The predicted molar refractivity (Wildman–Crippen MR) is 175 cm³/mol. The lowest BCUT2D eigenvalue weighted by molar-refractivity contribution is -0.119. The molecule has 228 valence electrons. The summed E-state index contributed by atoms with van der Waals surface area (Å²) in [6, 6.07) is 17.5. The molecule has 9 nitrogen and oxygen atoms in total. The van der Waals surface area contributed by atoms with Gasteiger partial charge in [0.25, 0.3) is 0 Å². The van der Waals surface area contributed by atoms with Crippen LogP contribution in [-0.4, -0.2) is 32.4 Å². The molecule has 5 aromatic rings. The third kappa shape index (κ3) is 6.27. The Balaban J connectivity index is 1.44. The minimum Gasteiger partial charge on any atom is -0.373 e. The predicted octanol–water partition coefficient (Wildman–Crippen LogP) is 8.19. The average Bonchev–Trinajstić information content (AvgIpc) is 3.53. The minimum absolute atomic E-state index is 0.0528. The van der Waals surface area contributed by atoms with Crippen molar-refractivity contribution in [1.82, 2.24) is 20.0 Å². The molecule has 6 rings (SSSR count). The fraction of sp³-hybridized carbons (Fsp3) is 0.242. The van der Waals surface area contributed by atoms with Gasteiger partial charge >= 0.3 is 0 Å². The molecule has 3 aromatic carbocycles. The Kier molecular flexibility index (Phi) is 8.57. The van der Waals surface area contributed by atoms with Crippen molar-refractivity contribution in [3.05, 3.63) is 99.7 Å². The lowest BCUT2D eigenvalue weighted by Crippen LogP contribution is -2.35. The maximum Gasteiger partial charge on any atom is 0.226 e. The monoisotopic (exact) mass is 642 g/mol. The summed E-state index contributed by atoms with van der Waals surface area (Å²) in [5, 5.41) is 26.4. The lowest BCUT2D eigenvalue weighted by Gasteiger charge is -2.28. The summed E-state index contributed by atoms with van der Waals surface area (Å²) in [5.74, 6) is -0.441. The van der Waals surface area contributed by atoms with Gasteiger partial charge in [-0.1, -0.05) is 40.5 Å². The highest BCUT2D eigenvalue weighted by molar-refractivity contribution is 6.36. The summed E-state index contributed by atoms with van der Waals surface area (Å²) in [6.45, 7) is 4.72. The van der Waals surface area contributed by atoms with Crippen LogP contribution in [-0.2, 0) is 4.79 Å². The molecule has 0 bridgehead atoms. The maximum atomic E-state index is 13.9. The van der Waals surface area contributed by atoms with Gasteiger partial charge in [0.1, 0.15) is 17.6 Å². The van der Waals surface area contributed by atoms with Gasteiger partial charge in [0.2, 0.25) is 5.91 Å². The topological polar surface area (TPSA) is 112 Å². The fourth-order valence-electron chi connectivity index (χ4n) is 5.40. The van der Waals surface area contributed by atoms with E-state index in [1.165, 1.54) is 24.4 Å². The number of hydrogen-bond acceptors (Lipinski definition) is 7. The molecule has 3 heterocycles. The highest BCUT2D eigenvalue weighted by Gasteiger charge is 2.24. The van der Waals surface area contributed by atoms with Crippen LogP contribution in [0.2, 0.25) is 10.0 Å². The molecular weight excluding hydrogens is 614 g/mol. The van der Waals surface area contributed by atoms with E-state index in [2.05, 4.69) is 32.0 Å². The molecule has 2 N–H and O–H groups in total. The van der Waals surface area contributed by atoms with Crippen LogP contribution in [0.15, 0.2) is 67.0 Å². The largest absolute Gasteiger partial charge is 0.373 e. The molecule has 0 aliphatic carbocycles. The molecule has 1 atom stereocenters. The van der Waals surface area contributed by atoms with Crippen LogP contribution in [0.4, 0.5) is 27.1 Å². The van der Waals surface area contributed by atoms with Gasteiger partial charge in [0.15, 0.2) is 0 Å². The second kappa shape index (κ2) is 12.7. The molecular formula is C33H29Cl2FN8O. The van der Waals surface area contributed by atoms with Gasteiger partial charge in [0, 0.05) is 47.7 Å². The zero-order valence-electron chi connectivity index (χ0n) is 24.6. The highest BCUT2D eigenvalue weighted by atomic mass is 35.5. The van der Waals surface area contributed by atoms with Crippen molar-refractivity contribution in [2.45, 2.75) is 45.2 Å². The first-order chi connectivity index (χ1) is 21.7. The molecule has 12 heteroatoms. The summed E-state index contributed by atoms with van der Waals surface area (Å²) in [6.07, 6.45) is 5.71. The van der Waals surface area contributed by atoms with Gasteiger partial charge in [-0.05, 0) is 74.7 Å². The fourth-order valence-corrected chi connectivity index (χ4v) is 5.85. The number of amides is 1. The summed E-state index contributed by atoms with van der Waals surface area (Å²) in [7, 11) is 0. The van der Waals surface area contributed by atoms with Gasteiger partial charge in [-0.15, -0.1) is 5.10 Å². The lowest BCUT2D eigenvalue weighted by atomic mass is 10.0. The van der Waals surface area contributed by atoms with Crippen molar-refractivity contribution < 1.29 is 9.18 Å². The van der Waals surface area contributed by atoms with Crippen molar-refractivity contribution >= 4 is 62.8 Å². The maximum absolute atomic E-state index is 13.9. The molecule has 1 saturated heterocycles. The molecule has 1 amide bonds. The number of aromatic nitrogens is 4. The Morgan fingerprint density at radius 3 is 2.60 bits per heavy atom. The molecule has 1 fully saturated rings. The number of carbonyl (C=O) groups excluding carboxylic acids is 1. The van der Waals surface area contributed by atoms with Crippen LogP contribution in [0.5, 0.6) is 0 Å². The number of piperidine rings is 1. The summed E-state index contributed by atoms with van der Waals surface area (Å²) < 4.78 is 15.6. The smallest absolute Gasteiger partial charge is 0.226 e. The SMILES string of the molecule is CC(C)n1cc([C@@H](Nc2cc(Cl)c3ncc(C#N)c(Nc4ccc(F)c(Cl)c4)c3c2)c2cccc(N3CCCCC3=O)c2)nn1. The number of carbonyl (C=O) groups is 1. The van der Waals surface area contributed by atoms with E-state index in [0.717, 1.165) is 24.1 Å². The molecule has 1 aliphatic heterocycles. The number of anilines is 4. The van der Waals surface area contributed by atoms with Crippen LogP contribution in [0.1, 0.15) is 62.0 Å². The second-order valence-electron chi connectivity index (χ2n) is 11.2. The Morgan fingerprint density at radius 1 is 1.04 bits per heavy atom. The number of fused-ring (bicyclic) bond motifs is 1. The van der Waals surface area contributed by atoms with E-state index in [0.29, 0.717) is 51.6 Å². The normalized spacial score (nSPS) is 14.1. The third-order valence-corrected chi connectivity index (χ3v) is 8.31. The number of nitrogens with one attached hydrogen (secondary N) is 2. The molecule has 0 radical (unpaired) electrons. The van der Waals surface area contributed by atoms with Crippen LogP contribution in [0.25, 0.3) is 10.9 Å². The van der Waals surface area contributed by atoms with E-state index in [-0.39, 0.29) is 22.5 Å². The Labute approximate surface area is 269 Å². The minimum atomic E-state index is -0.550. The quantitative estimate of drug-likeness (QED) is 0.175. The molecule has 0 unspecified atom stereocenters.